The Balaban J connectivity index is 1.52. The van der Waals surface area contributed by atoms with Gasteiger partial charge < -0.3 is 9.47 Å². The highest BCUT2D eigenvalue weighted by Gasteiger charge is 2.12. The molecule has 8 heteroatoms. The summed E-state index contributed by atoms with van der Waals surface area (Å²) in [4.78, 5) is 36.3. The topological polar surface area (TPSA) is 100 Å². The van der Waals surface area contributed by atoms with Crippen molar-refractivity contribution in [2.75, 3.05) is 13.2 Å². The number of aryl methyl sites for hydroxylation is 1. The van der Waals surface area contributed by atoms with Crippen molar-refractivity contribution in [1.29, 1.82) is 0 Å². The van der Waals surface area contributed by atoms with E-state index < -0.39 is 5.97 Å². The van der Waals surface area contributed by atoms with Crippen molar-refractivity contribution in [2.45, 2.75) is 19.9 Å². The van der Waals surface area contributed by atoms with E-state index in [9.17, 15) is 14.4 Å². The molecular formula is C20H19N3O5. The van der Waals surface area contributed by atoms with E-state index in [0.29, 0.717) is 28.8 Å². The number of hydrogen-bond donors (Lipinski definition) is 0. The maximum atomic E-state index is 12.3. The average Bonchev–Trinajstić information content (AvgIpc) is 2.72. The molecule has 0 aliphatic carbocycles. The van der Waals surface area contributed by atoms with Gasteiger partial charge in [0.25, 0.3) is 5.56 Å². The monoisotopic (exact) mass is 381 g/mol. The zero-order valence-corrected chi connectivity index (χ0v) is 15.3. The molecule has 8 nitrogen and oxygen atoms in total. The SMILES string of the molecule is CCOc1ccc(C(=O)COC(=O)CCn2nnc3ccccc3c2=O)cc1. The van der Waals surface area contributed by atoms with Crippen LogP contribution in [-0.2, 0) is 16.1 Å². The summed E-state index contributed by atoms with van der Waals surface area (Å²) in [5, 5.41) is 8.19. The predicted molar refractivity (Wildman–Crippen MR) is 101 cm³/mol. The van der Waals surface area contributed by atoms with Crippen LogP contribution in [0.3, 0.4) is 0 Å². The standard InChI is InChI=1S/C20H19N3O5/c1-2-27-15-9-7-14(8-10-15)18(24)13-28-19(25)11-12-23-20(26)16-5-3-4-6-17(16)21-22-23/h3-10H,2,11-13H2,1H3. The van der Waals surface area contributed by atoms with Gasteiger partial charge in [0.15, 0.2) is 12.4 Å². The van der Waals surface area contributed by atoms with Crippen LogP contribution in [-0.4, -0.2) is 40.0 Å². The summed E-state index contributed by atoms with van der Waals surface area (Å²) in [6, 6.07) is 13.4. The Labute approximate surface area is 160 Å². The van der Waals surface area contributed by atoms with Gasteiger partial charge in [0, 0.05) is 5.56 Å². The molecule has 0 amide bonds. The van der Waals surface area contributed by atoms with Gasteiger partial charge in [0.05, 0.1) is 25.0 Å². The molecule has 0 unspecified atom stereocenters. The molecule has 0 saturated heterocycles. The summed E-state index contributed by atoms with van der Waals surface area (Å²) >= 11 is 0. The van der Waals surface area contributed by atoms with Crippen LogP contribution in [0.5, 0.6) is 5.75 Å². The molecule has 0 saturated carbocycles. The van der Waals surface area contributed by atoms with Gasteiger partial charge >= 0.3 is 5.97 Å². The zero-order valence-electron chi connectivity index (χ0n) is 15.3. The predicted octanol–water partition coefficient (Wildman–Crippen LogP) is 2.01. The van der Waals surface area contributed by atoms with Crippen molar-refractivity contribution in [3.05, 3.63) is 64.4 Å². The number of nitrogens with zero attached hydrogens (tertiary/aromatic N) is 3. The van der Waals surface area contributed by atoms with Crippen molar-refractivity contribution in [3.8, 4) is 5.75 Å². The van der Waals surface area contributed by atoms with Gasteiger partial charge in [-0.1, -0.05) is 17.3 Å². The molecule has 0 bridgehead atoms. The number of aromatic nitrogens is 3. The molecule has 0 N–H and O–H groups in total. The van der Waals surface area contributed by atoms with Crippen LogP contribution in [0.25, 0.3) is 10.9 Å². The number of hydrogen-bond acceptors (Lipinski definition) is 7. The van der Waals surface area contributed by atoms with Crippen LogP contribution < -0.4 is 10.3 Å². The number of fused-ring (bicyclic) bond motifs is 1. The Morgan fingerprint density at radius 1 is 1.07 bits per heavy atom. The maximum Gasteiger partial charge on any atom is 0.308 e. The van der Waals surface area contributed by atoms with Gasteiger partial charge in [-0.3, -0.25) is 14.4 Å². The average molecular weight is 381 g/mol. The zero-order chi connectivity index (χ0) is 19.9. The van der Waals surface area contributed by atoms with Gasteiger partial charge in [-0.05, 0) is 43.3 Å². The second-order valence-electron chi connectivity index (χ2n) is 5.93. The normalized spacial score (nSPS) is 10.6. The van der Waals surface area contributed by atoms with Gasteiger partial charge in [0.2, 0.25) is 0 Å². The fourth-order valence-electron chi connectivity index (χ4n) is 2.57. The molecule has 3 aromatic rings. The molecular weight excluding hydrogens is 362 g/mol. The van der Waals surface area contributed by atoms with E-state index in [1.54, 1.807) is 48.5 Å². The molecule has 0 radical (unpaired) electrons. The van der Waals surface area contributed by atoms with Crippen molar-refractivity contribution >= 4 is 22.7 Å². The van der Waals surface area contributed by atoms with E-state index in [2.05, 4.69) is 10.3 Å². The lowest BCUT2D eigenvalue weighted by atomic mass is 10.1. The Bertz CT molecular complexity index is 1040. The van der Waals surface area contributed by atoms with Crippen LogP contribution in [0, 0.1) is 0 Å². The number of carbonyl (C=O) groups excluding carboxylic acids is 2. The first kappa shape index (κ1) is 19.2. The van der Waals surface area contributed by atoms with E-state index in [4.69, 9.17) is 9.47 Å². The first-order valence-corrected chi connectivity index (χ1v) is 8.82. The van der Waals surface area contributed by atoms with Crippen molar-refractivity contribution < 1.29 is 19.1 Å². The van der Waals surface area contributed by atoms with Crippen LogP contribution in [0.2, 0.25) is 0 Å². The first-order chi connectivity index (χ1) is 13.6. The van der Waals surface area contributed by atoms with E-state index in [0.717, 1.165) is 4.68 Å². The van der Waals surface area contributed by atoms with Crippen LogP contribution >= 0.6 is 0 Å². The van der Waals surface area contributed by atoms with E-state index in [1.807, 2.05) is 6.92 Å². The molecule has 1 heterocycles. The fourth-order valence-corrected chi connectivity index (χ4v) is 2.57. The largest absolute Gasteiger partial charge is 0.494 e. The molecule has 0 atom stereocenters. The molecule has 1 aromatic heterocycles. The first-order valence-electron chi connectivity index (χ1n) is 8.82. The van der Waals surface area contributed by atoms with Crippen LogP contribution in [0.1, 0.15) is 23.7 Å². The third-order valence-electron chi connectivity index (χ3n) is 4.01. The third kappa shape index (κ3) is 4.59. The molecule has 28 heavy (non-hydrogen) atoms. The van der Waals surface area contributed by atoms with E-state index in [-0.39, 0.29) is 30.9 Å². The number of rotatable bonds is 8. The number of carbonyl (C=O) groups is 2. The van der Waals surface area contributed by atoms with Crippen molar-refractivity contribution in [1.82, 2.24) is 15.0 Å². The highest BCUT2D eigenvalue weighted by atomic mass is 16.5. The second-order valence-corrected chi connectivity index (χ2v) is 5.93. The Hall–Kier alpha value is -3.55. The summed E-state index contributed by atoms with van der Waals surface area (Å²) in [5.74, 6) is -0.252. The summed E-state index contributed by atoms with van der Waals surface area (Å²) in [7, 11) is 0. The summed E-state index contributed by atoms with van der Waals surface area (Å²) in [5.41, 5.74) is 0.587. The molecule has 0 fully saturated rings. The second kappa shape index (κ2) is 8.90. The Morgan fingerprint density at radius 2 is 1.82 bits per heavy atom. The third-order valence-corrected chi connectivity index (χ3v) is 4.01. The number of benzene rings is 2. The quantitative estimate of drug-likeness (QED) is 0.434. The minimum Gasteiger partial charge on any atom is -0.494 e. The van der Waals surface area contributed by atoms with Crippen LogP contribution in [0.15, 0.2) is 53.3 Å². The van der Waals surface area contributed by atoms with E-state index >= 15 is 0 Å². The van der Waals surface area contributed by atoms with Crippen molar-refractivity contribution in [3.63, 3.8) is 0 Å². The number of ether oxygens (including phenoxy) is 2. The molecule has 3 rings (SSSR count). The Kier molecular flexibility index (Phi) is 6.11. The Morgan fingerprint density at radius 3 is 2.57 bits per heavy atom. The number of ketones is 1. The number of esters is 1. The van der Waals surface area contributed by atoms with Crippen molar-refractivity contribution in [2.24, 2.45) is 0 Å². The van der Waals surface area contributed by atoms with Gasteiger partial charge in [-0.25, -0.2) is 4.68 Å². The lowest BCUT2D eigenvalue weighted by molar-refractivity contribution is -0.142. The smallest absolute Gasteiger partial charge is 0.308 e. The molecule has 2 aromatic carbocycles. The lowest BCUT2D eigenvalue weighted by Crippen LogP contribution is -2.26. The van der Waals surface area contributed by atoms with Gasteiger partial charge in [0.1, 0.15) is 11.3 Å². The van der Waals surface area contributed by atoms with Crippen LogP contribution in [0.4, 0.5) is 0 Å². The highest BCUT2D eigenvalue weighted by molar-refractivity contribution is 5.98. The number of Topliss-reactive ketones (excluding diaryl/α,β-unsaturated/α-hetero) is 1. The molecule has 0 aliphatic rings. The highest BCUT2D eigenvalue weighted by Crippen LogP contribution is 2.12. The minimum absolute atomic E-state index is 0.0206. The summed E-state index contributed by atoms with van der Waals surface area (Å²) < 4.78 is 11.4. The molecule has 144 valence electrons. The molecule has 0 aliphatic heterocycles. The molecule has 0 spiro atoms. The van der Waals surface area contributed by atoms with Gasteiger partial charge in [-0.15, -0.1) is 5.10 Å². The minimum atomic E-state index is -0.596. The summed E-state index contributed by atoms with van der Waals surface area (Å²) in [6.07, 6.45) is -0.0938. The fraction of sp³-hybridized carbons (Fsp3) is 0.250. The van der Waals surface area contributed by atoms with E-state index in [1.165, 1.54) is 0 Å². The lowest BCUT2D eigenvalue weighted by Gasteiger charge is -2.07. The van der Waals surface area contributed by atoms with Gasteiger partial charge in [-0.2, -0.15) is 0 Å². The maximum absolute atomic E-state index is 12.3. The summed E-state index contributed by atoms with van der Waals surface area (Å²) in [6.45, 7) is 2.06.